The zero-order chi connectivity index (χ0) is 22.1. The summed E-state index contributed by atoms with van der Waals surface area (Å²) >= 11 is 0. The van der Waals surface area contributed by atoms with Crippen molar-refractivity contribution in [3.63, 3.8) is 0 Å². The number of nitrogens with one attached hydrogen (secondary N) is 1. The van der Waals surface area contributed by atoms with Crippen molar-refractivity contribution in [3.05, 3.63) is 54.5 Å². The second-order valence-electron chi connectivity index (χ2n) is 8.39. The first-order valence-corrected chi connectivity index (χ1v) is 11.3. The number of aromatic nitrogens is 2. The molecule has 8 heteroatoms. The van der Waals surface area contributed by atoms with Crippen molar-refractivity contribution in [2.45, 2.75) is 52.0 Å². The Morgan fingerprint density at radius 1 is 1.13 bits per heavy atom. The highest BCUT2D eigenvalue weighted by atomic mass is 32.2. The van der Waals surface area contributed by atoms with Crippen LogP contribution in [0.15, 0.2) is 48.9 Å². The smallest absolute Gasteiger partial charge is 0.419 e. The van der Waals surface area contributed by atoms with Crippen molar-refractivity contribution in [1.82, 2.24) is 14.3 Å². The molecule has 0 saturated heterocycles. The van der Waals surface area contributed by atoms with Crippen LogP contribution >= 0.6 is 0 Å². The van der Waals surface area contributed by atoms with Crippen LogP contribution in [0.25, 0.3) is 22.0 Å². The maximum atomic E-state index is 12.8. The van der Waals surface area contributed by atoms with Crippen molar-refractivity contribution in [3.8, 4) is 11.1 Å². The topological polar surface area (TPSA) is 90.3 Å². The standard InChI is InChI=1S/C22H27N3O4S/c1-15(2)30(27,28)24-13-18-14-25(21(26)29-22(3,4)5)20-12-17(6-7-19(18)20)16-8-10-23-11-9-16/h6-12,14-15,24H,13H2,1-5H3. The molecule has 7 nitrogen and oxygen atoms in total. The molecule has 0 spiro atoms. The average Bonchev–Trinajstić information content (AvgIpc) is 3.04. The van der Waals surface area contributed by atoms with E-state index in [4.69, 9.17) is 4.74 Å². The first-order chi connectivity index (χ1) is 14.0. The van der Waals surface area contributed by atoms with Gasteiger partial charge in [-0.1, -0.05) is 12.1 Å². The number of hydrogen-bond acceptors (Lipinski definition) is 5. The second-order valence-corrected chi connectivity index (χ2v) is 10.7. The van der Waals surface area contributed by atoms with Gasteiger partial charge in [-0.2, -0.15) is 0 Å². The lowest BCUT2D eigenvalue weighted by molar-refractivity contribution is 0.0544. The zero-order valence-corrected chi connectivity index (χ0v) is 18.7. The van der Waals surface area contributed by atoms with Gasteiger partial charge in [0.15, 0.2) is 0 Å². The summed E-state index contributed by atoms with van der Waals surface area (Å²) in [5.74, 6) is 0. The van der Waals surface area contributed by atoms with Crippen molar-refractivity contribution in [2.24, 2.45) is 0 Å². The largest absolute Gasteiger partial charge is 0.443 e. The number of benzene rings is 1. The van der Waals surface area contributed by atoms with Gasteiger partial charge in [0, 0.05) is 30.5 Å². The predicted octanol–water partition coefficient (Wildman–Crippen LogP) is 4.31. The van der Waals surface area contributed by atoms with Gasteiger partial charge in [-0.05, 0) is 69.5 Å². The highest BCUT2D eigenvalue weighted by Gasteiger charge is 2.22. The highest BCUT2D eigenvalue weighted by molar-refractivity contribution is 7.90. The van der Waals surface area contributed by atoms with Crippen LogP contribution in [0, 0.1) is 0 Å². The third kappa shape index (κ3) is 4.88. The number of pyridine rings is 1. The van der Waals surface area contributed by atoms with E-state index in [-0.39, 0.29) is 6.54 Å². The molecule has 2 heterocycles. The van der Waals surface area contributed by atoms with E-state index in [0.29, 0.717) is 11.1 Å². The van der Waals surface area contributed by atoms with Crippen LogP contribution in [0.3, 0.4) is 0 Å². The molecule has 0 amide bonds. The SMILES string of the molecule is CC(C)S(=O)(=O)NCc1cn(C(=O)OC(C)(C)C)c2cc(-c3ccncc3)ccc12. The van der Waals surface area contributed by atoms with E-state index in [1.807, 2.05) is 30.3 Å². The number of carbonyl (C=O) groups excluding carboxylic acids is 1. The Hall–Kier alpha value is -2.71. The molecule has 3 rings (SSSR count). The van der Waals surface area contributed by atoms with Crippen molar-refractivity contribution < 1.29 is 17.9 Å². The molecule has 0 bridgehead atoms. The summed E-state index contributed by atoms with van der Waals surface area (Å²) in [6.07, 6.45) is 4.53. The molecular formula is C22H27N3O4S. The van der Waals surface area contributed by atoms with Gasteiger partial charge < -0.3 is 4.74 Å². The fourth-order valence-corrected chi connectivity index (χ4v) is 3.66. The summed E-state index contributed by atoms with van der Waals surface area (Å²) in [6, 6.07) is 9.51. The molecule has 1 N–H and O–H groups in total. The lowest BCUT2D eigenvalue weighted by atomic mass is 10.0. The van der Waals surface area contributed by atoms with Gasteiger partial charge in [-0.3, -0.25) is 9.55 Å². The van der Waals surface area contributed by atoms with Crippen LogP contribution in [-0.2, 0) is 21.3 Å². The average molecular weight is 430 g/mol. The molecule has 0 unspecified atom stereocenters. The van der Waals surface area contributed by atoms with E-state index < -0.39 is 27.0 Å². The van der Waals surface area contributed by atoms with Gasteiger partial charge >= 0.3 is 6.09 Å². The van der Waals surface area contributed by atoms with Crippen LogP contribution in [0.2, 0.25) is 0 Å². The summed E-state index contributed by atoms with van der Waals surface area (Å²) in [5, 5.41) is 0.236. The van der Waals surface area contributed by atoms with Crippen LogP contribution in [-0.4, -0.2) is 34.9 Å². The monoisotopic (exact) mass is 429 g/mol. The van der Waals surface area contributed by atoms with Gasteiger partial charge in [-0.25, -0.2) is 17.9 Å². The summed E-state index contributed by atoms with van der Waals surface area (Å²) in [7, 11) is -3.44. The number of sulfonamides is 1. The minimum Gasteiger partial charge on any atom is -0.443 e. The molecule has 160 valence electrons. The van der Waals surface area contributed by atoms with Crippen LogP contribution in [0.1, 0.15) is 40.2 Å². The molecule has 3 aromatic rings. The molecule has 0 fully saturated rings. The first-order valence-electron chi connectivity index (χ1n) is 9.74. The summed E-state index contributed by atoms with van der Waals surface area (Å²) in [5.41, 5.74) is 2.57. The quantitative estimate of drug-likeness (QED) is 0.652. The maximum absolute atomic E-state index is 12.8. The molecule has 0 aliphatic heterocycles. The van der Waals surface area contributed by atoms with Gasteiger partial charge in [0.05, 0.1) is 10.8 Å². The molecule has 1 aromatic carbocycles. The Bertz CT molecular complexity index is 1160. The normalized spacial score (nSPS) is 12.5. The van der Waals surface area contributed by atoms with E-state index in [0.717, 1.165) is 16.5 Å². The third-order valence-corrected chi connectivity index (χ3v) is 6.36. The van der Waals surface area contributed by atoms with Crippen LogP contribution in [0.4, 0.5) is 4.79 Å². The van der Waals surface area contributed by atoms with Gasteiger partial charge in [0.25, 0.3) is 0 Å². The molecule has 0 aliphatic carbocycles. The number of hydrogen-bond donors (Lipinski definition) is 1. The number of fused-ring (bicyclic) bond motifs is 1. The summed E-state index contributed by atoms with van der Waals surface area (Å²) in [4.78, 5) is 16.9. The van der Waals surface area contributed by atoms with Crippen LogP contribution < -0.4 is 4.72 Å². The fraction of sp³-hybridized carbons (Fsp3) is 0.364. The Labute approximate surface area is 177 Å². The number of ether oxygens (including phenoxy) is 1. The van der Waals surface area contributed by atoms with E-state index in [2.05, 4.69) is 9.71 Å². The van der Waals surface area contributed by atoms with Gasteiger partial charge in [0.1, 0.15) is 5.60 Å². The van der Waals surface area contributed by atoms with Crippen molar-refractivity contribution in [1.29, 1.82) is 0 Å². The van der Waals surface area contributed by atoms with E-state index in [1.54, 1.807) is 53.2 Å². The first kappa shape index (κ1) is 22.0. The zero-order valence-electron chi connectivity index (χ0n) is 17.8. The maximum Gasteiger partial charge on any atom is 0.419 e. The predicted molar refractivity (Wildman–Crippen MR) is 118 cm³/mol. The molecule has 2 aromatic heterocycles. The second kappa shape index (κ2) is 8.20. The molecular weight excluding hydrogens is 402 g/mol. The highest BCUT2D eigenvalue weighted by Crippen LogP contribution is 2.28. The van der Waals surface area contributed by atoms with E-state index >= 15 is 0 Å². The number of nitrogens with zero attached hydrogens (tertiary/aromatic N) is 2. The Kier molecular flexibility index (Phi) is 6.01. The third-order valence-electron chi connectivity index (χ3n) is 4.58. The van der Waals surface area contributed by atoms with Crippen molar-refractivity contribution in [2.75, 3.05) is 0 Å². The molecule has 0 radical (unpaired) electrons. The van der Waals surface area contributed by atoms with Gasteiger partial charge in [0.2, 0.25) is 10.0 Å². The molecule has 0 saturated carbocycles. The van der Waals surface area contributed by atoms with Crippen molar-refractivity contribution >= 4 is 27.0 Å². The lowest BCUT2D eigenvalue weighted by Crippen LogP contribution is -2.30. The lowest BCUT2D eigenvalue weighted by Gasteiger charge is -2.19. The number of carbonyl (C=O) groups is 1. The molecule has 0 atom stereocenters. The number of rotatable bonds is 5. The summed E-state index contributed by atoms with van der Waals surface area (Å²) < 4.78 is 34.0. The van der Waals surface area contributed by atoms with E-state index in [9.17, 15) is 13.2 Å². The minimum absolute atomic E-state index is 0.0847. The Balaban J connectivity index is 2.08. The Morgan fingerprint density at radius 3 is 2.40 bits per heavy atom. The van der Waals surface area contributed by atoms with Gasteiger partial charge in [-0.15, -0.1) is 0 Å². The molecule has 30 heavy (non-hydrogen) atoms. The fourth-order valence-electron chi connectivity index (χ4n) is 2.97. The van der Waals surface area contributed by atoms with E-state index in [1.165, 1.54) is 4.57 Å². The molecule has 0 aliphatic rings. The van der Waals surface area contributed by atoms with Crippen LogP contribution in [0.5, 0.6) is 0 Å². The minimum atomic E-state index is -3.44. The summed E-state index contributed by atoms with van der Waals surface area (Å²) in [6.45, 7) is 8.73. The Morgan fingerprint density at radius 2 is 1.80 bits per heavy atom.